The summed E-state index contributed by atoms with van der Waals surface area (Å²) in [5.74, 6) is 0.178. The Labute approximate surface area is 224 Å². The molecule has 186 valence electrons. The molecule has 11 heteroatoms. The number of anilines is 1. The number of methoxy groups -OCH3 is 1. The Hall–Kier alpha value is -2.82. The molecule has 5 rings (SSSR count). The van der Waals surface area contributed by atoms with Crippen LogP contribution in [0.1, 0.15) is 29.5 Å². The number of thioether (sulfide) groups is 1. The largest absolute Gasteiger partial charge is 0.494 e. The molecular weight excluding hydrogens is 570 g/mol. The lowest BCUT2D eigenvalue weighted by Gasteiger charge is -2.38. The number of nitro benzene ring substituents is 2. The van der Waals surface area contributed by atoms with Crippen LogP contribution in [0.3, 0.4) is 0 Å². The van der Waals surface area contributed by atoms with E-state index in [0.29, 0.717) is 22.8 Å². The smallest absolute Gasteiger partial charge is 0.282 e. The molecule has 3 aromatic rings. The van der Waals surface area contributed by atoms with Gasteiger partial charge < -0.3 is 10.1 Å². The number of hydrogen-bond donors (Lipinski definition) is 1. The number of halogens is 2. The predicted molar refractivity (Wildman–Crippen MR) is 143 cm³/mol. The number of nitro groups is 2. The lowest BCUT2D eigenvalue weighted by molar-refractivity contribution is -0.387. The van der Waals surface area contributed by atoms with Gasteiger partial charge in [-0.15, -0.1) is 23.4 Å². The molecule has 2 aliphatic rings. The predicted octanol–water partition coefficient (Wildman–Crippen LogP) is 7.31. The topological polar surface area (TPSA) is 108 Å². The van der Waals surface area contributed by atoms with Crippen molar-refractivity contribution in [1.29, 1.82) is 0 Å². The summed E-state index contributed by atoms with van der Waals surface area (Å²) in [6, 6.07) is 17.5. The monoisotopic (exact) mass is 589 g/mol. The molecule has 1 aliphatic carbocycles. The molecule has 1 N–H and O–H groups in total. The summed E-state index contributed by atoms with van der Waals surface area (Å²) in [6.07, 6.45) is 0.674. The van der Waals surface area contributed by atoms with Gasteiger partial charge in [-0.25, -0.2) is 0 Å². The van der Waals surface area contributed by atoms with Crippen molar-refractivity contribution in [3.05, 3.63) is 96.5 Å². The van der Waals surface area contributed by atoms with Crippen LogP contribution in [0.5, 0.6) is 5.75 Å². The van der Waals surface area contributed by atoms with Crippen molar-refractivity contribution in [2.24, 2.45) is 5.92 Å². The summed E-state index contributed by atoms with van der Waals surface area (Å²) < 4.78 is 6.51. The standard InChI is InChI=1S/C25H21BrClN3O5S/c1-35-19-11-15(29(31)32)10-16-22-17(24(28-25(16)19)13-6-8-14(26)9-7-13)12-21(23(22)27)36-20-5-3-2-4-18(20)30(33)34/h2-11,17,21-24,28H,12H2,1H3/t17-,21+,22+,23+,24-/m1/s1. The maximum atomic E-state index is 11.7. The molecule has 0 amide bonds. The first-order valence-electron chi connectivity index (χ1n) is 11.2. The lowest BCUT2D eigenvalue weighted by Crippen LogP contribution is -2.31. The molecule has 1 heterocycles. The molecule has 1 aliphatic heterocycles. The minimum absolute atomic E-state index is 0.00755. The molecule has 3 aromatic carbocycles. The third-order valence-electron chi connectivity index (χ3n) is 6.87. The van der Waals surface area contributed by atoms with E-state index in [9.17, 15) is 20.2 Å². The van der Waals surface area contributed by atoms with Gasteiger partial charge in [-0.1, -0.05) is 40.2 Å². The van der Waals surface area contributed by atoms with E-state index >= 15 is 0 Å². The zero-order valence-corrected chi connectivity index (χ0v) is 22.1. The number of ether oxygens (including phenoxy) is 1. The first kappa shape index (κ1) is 24.9. The number of alkyl halides is 1. The SMILES string of the molecule is COc1cc([N+](=O)[O-])cc2c1N[C@H](c1ccc(Br)cc1)[C@@H]1C[C@H](Sc3ccccc3[N+](=O)[O-])[C@H](Cl)[C@@H]21. The molecular formula is C25H21BrClN3O5S. The molecule has 0 unspecified atom stereocenters. The molecule has 0 radical (unpaired) electrons. The highest BCUT2D eigenvalue weighted by molar-refractivity contribution is 9.10. The Morgan fingerprint density at radius 2 is 1.81 bits per heavy atom. The van der Waals surface area contributed by atoms with Gasteiger partial charge in [0, 0.05) is 27.8 Å². The maximum Gasteiger partial charge on any atom is 0.282 e. The van der Waals surface area contributed by atoms with Gasteiger partial charge in [-0.3, -0.25) is 20.2 Å². The van der Waals surface area contributed by atoms with E-state index in [0.717, 1.165) is 15.6 Å². The normalized spacial score (nSPS) is 24.4. The number of benzene rings is 3. The van der Waals surface area contributed by atoms with Crippen molar-refractivity contribution in [1.82, 2.24) is 0 Å². The fraction of sp³-hybridized carbons (Fsp3) is 0.280. The van der Waals surface area contributed by atoms with E-state index in [1.807, 2.05) is 24.3 Å². The summed E-state index contributed by atoms with van der Waals surface area (Å²) >= 11 is 12.0. The van der Waals surface area contributed by atoms with Gasteiger partial charge in [-0.2, -0.15) is 0 Å². The number of hydrogen-bond acceptors (Lipinski definition) is 7. The van der Waals surface area contributed by atoms with Crippen molar-refractivity contribution in [2.45, 2.75) is 33.9 Å². The van der Waals surface area contributed by atoms with Gasteiger partial charge in [0.05, 0.1) is 45.0 Å². The summed E-state index contributed by atoms with van der Waals surface area (Å²) in [5.41, 5.74) is 2.47. The van der Waals surface area contributed by atoms with Crippen molar-refractivity contribution >= 4 is 56.4 Å². The molecule has 1 saturated carbocycles. The van der Waals surface area contributed by atoms with Crippen LogP contribution in [0.15, 0.2) is 70.0 Å². The minimum atomic E-state index is -0.434. The van der Waals surface area contributed by atoms with Gasteiger partial charge in [0.2, 0.25) is 0 Å². The Bertz CT molecular complexity index is 1340. The number of para-hydroxylation sites is 1. The number of nitrogens with one attached hydrogen (secondary N) is 1. The van der Waals surface area contributed by atoms with Gasteiger partial charge in [0.15, 0.2) is 0 Å². The van der Waals surface area contributed by atoms with Crippen LogP contribution < -0.4 is 10.1 Å². The van der Waals surface area contributed by atoms with Crippen molar-refractivity contribution in [3.63, 3.8) is 0 Å². The third-order valence-corrected chi connectivity index (χ3v) is 9.51. The molecule has 0 bridgehead atoms. The van der Waals surface area contributed by atoms with Gasteiger partial charge in [0.25, 0.3) is 11.4 Å². The van der Waals surface area contributed by atoms with Crippen LogP contribution in [-0.4, -0.2) is 27.6 Å². The van der Waals surface area contributed by atoms with Gasteiger partial charge in [-0.05, 0) is 41.7 Å². The fourth-order valence-corrected chi connectivity index (χ4v) is 7.52. The Kier molecular flexibility index (Phi) is 6.84. The molecule has 0 saturated heterocycles. The second kappa shape index (κ2) is 9.91. The first-order chi connectivity index (χ1) is 17.3. The number of nitrogens with zero attached hydrogens (tertiary/aromatic N) is 2. The van der Waals surface area contributed by atoms with Gasteiger partial charge >= 0.3 is 0 Å². The number of rotatable bonds is 6. The van der Waals surface area contributed by atoms with Crippen LogP contribution in [0.4, 0.5) is 17.1 Å². The second-order valence-electron chi connectivity index (χ2n) is 8.79. The summed E-state index contributed by atoms with van der Waals surface area (Å²) in [5, 5.41) is 26.3. The zero-order chi connectivity index (χ0) is 25.6. The summed E-state index contributed by atoms with van der Waals surface area (Å²) in [4.78, 5) is 23.0. The highest BCUT2D eigenvalue weighted by atomic mass is 79.9. The van der Waals surface area contributed by atoms with Gasteiger partial charge in [0.1, 0.15) is 5.75 Å². The molecule has 1 fully saturated rings. The summed E-state index contributed by atoms with van der Waals surface area (Å²) in [6.45, 7) is 0. The highest BCUT2D eigenvalue weighted by Gasteiger charge is 2.51. The highest BCUT2D eigenvalue weighted by Crippen LogP contribution is 2.60. The molecule has 0 aromatic heterocycles. The van der Waals surface area contributed by atoms with Crippen LogP contribution in [0.25, 0.3) is 0 Å². The Morgan fingerprint density at radius 1 is 1.08 bits per heavy atom. The average Bonchev–Trinajstić information content (AvgIpc) is 3.19. The van der Waals surface area contributed by atoms with E-state index in [1.165, 1.54) is 31.0 Å². The van der Waals surface area contributed by atoms with E-state index in [-0.39, 0.29) is 39.4 Å². The minimum Gasteiger partial charge on any atom is -0.494 e. The molecule has 36 heavy (non-hydrogen) atoms. The van der Waals surface area contributed by atoms with Crippen LogP contribution in [-0.2, 0) is 0 Å². The zero-order valence-electron chi connectivity index (χ0n) is 19.0. The van der Waals surface area contributed by atoms with Crippen LogP contribution in [0, 0.1) is 26.1 Å². The summed E-state index contributed by atoms with van der Waals surface area (Å²) in [7, 11) is 1.49. The van der Waals surface area contributed by atoms with E-state index in [1.54, 1.807) is 24.3 Å². The number of fused-ring (bicyclic) bond motifs is 3. The quantitative estimate of drug-likeness (QED) is 0.182. The second-order valence-corrected chi connectivity index (χ2v) is 11.5. The Morgan fingerprint density at radius 3 is 2.47 bits per heavy atom. The number of non-ortho nitro benzene ring substituents is 1. The first-order valence-corrected chi connectivity index (χ1v) is 13.3. The maximum absolute atomic E-state index is 11.7. The van der Waals surface area contributed by atoms with E-state index < -0.39 is 10.3 Å². The molecule has 5 atom stereocenters. The molecule has 8 nitrogen and oxygen atoms in total. The Balaban J connectivity index is 1.60. The van der Waals surface area contributed by atoms with Crippen LogP contribution in [0.2, 0.25) is 0 Å². The van der Waals surface area contributed by atoms with Crippen molar-refractivity contribution in [2.75, 3.05) is 12.4 Å². The molecule has 0 spiro atoms. The fourth-order valence-electron chi connectivity index (χ4n) is 5.31. The average molecular weight is 591 g/mol. The third kappa shape index (κ3) is 4.42. The lowest BCUT2D eigenvalue weighted by atomic mass is 9.77. The van der Waals surface area contributed by atoms with E-state index in [2.05, 4.69) is 21.2 Å². The van der Waals surface area contributed by atoms with Crippen LogP contribution >= 0.6 is 39.3 Å². The van der Waals surface area contributed by atoms with E-state index in [4.69, 9.17) is 16.3 Å². The van der Waals surface area contributed by atoms with Crippen molar-refractivity contribution < 1.29 is 14.6 Å². The van der Waals surface area contributed by atoms with Crippen molar-refractivity contribution in [3.8, 4) is 5.75 Å².